The normalized spacial score (nSPS) is 23.7. The van der Waals surface area contributed by atoms with Gasteiger partial charge in [-0.1, -0.05) is 0 Å². The van der Waals surface area contributed by atoms with Crippen LogP contribution in [0.1, 0.15) is 31.4 Å². The Kier molecular flexibility index (Phi) is 3.95. The molecule has 3 unspecified atom stereocenters. The first-order chi connectivity index (χ1) is 12.7. The first-order valence-corrected chi connectivity index (χ1v) is 9.97. The summed E-state index contributed by atoms with van der Waals surface area (Å²) in [7, 11) is 1.72. The monoisotopic (exact) mass is 370 g/mol. The van der Waals surface area contributed by atoms with Crippen LogP contribution in [0.3, 0.4) is 0 Å². The Morgan fingerprint density at radius 3 is 2.81 bits per heavy atom. The minimum atomic E-state index is -0.00621. The summed E-state index contributed by atoms with van der Waals surface area (Å²) in [6, 6.07) is 6.01. The number of nitrogens with one attached hydrogen (secondary N) is 1. The molecule has 2 aliphatic rings. The van der Waals surface area contributed by atoms with Crippen LogP contribution in [0.15, 0.2) is 28.1 Å². The van der Waals surface area contributed by atoms with Crippen molar-refractivity contribution in [2.45, 2.75) is 38.0 Å². The molecule has 0 spiro atoms. The summed E-state index contributed by atoms with van der Waals surface area (Å²) in [4.78, 5) is 11.6. The van der Waals surface area contributed by atoms with Crippen LogP contribution in [-0.2, 0) is 4.74 Å². The number of rotatable bonds is 4. The Morgan fingerprint density at radius 2 is 2.12 bits per heavy atom. The number of methoxy groups -OCH3 is 1. The molecular formula is C19H22N4O2S. The van der Waals surface area contributed by atoms with E-state index in [4.69, 9.17) is 14.1 Å². The fourth-order valence-electron chi connectivity index (χ4n) is 4.02. The third kappa shape index (κ3) is 2.71. The number of fused-ring (bicyclic) bond motifs is 3. The van der Waals surface area contributed by atoms with Gasteiger partial charge in [0, 0.05) is 43.9 Å². The highest BCUT2D eigenvalue weighted by Crippen LogP contribution is 2.36. The van der Waals surface area contributed by atoms with Gasteiger partial charge in [0.05, 0.1) is 11.7 Å². The van der Waals surface area contributed by atoms with Crippen molar-refractivity contribution in [1.82, 2.24) is 15.3 Å². The molecule has 3 atom stereocenters. The predicted octanol–water partition coefficient (Wildman–Crippen LogP) is 3.60. The van der Waals surface area contributed by atoms with Crippen LogP contribution in [0.4, 0.5) is 6.01 Å². The average molecular weight is 370 g/mol. The summed E-state index contributed by atoms with van der Waals surface area (Å²) >= 11 is 1.61. The van der Waals surface area contributed by atoms with Crippen LogP contribution in [-0.4, -0.2) is 42.3 Å². The van der Waals surface area contributed by atoms with Crippen molar-refractivity contribution in [3.8, 4) is 10.6 Å². The van der Waals surface area contributed by atoms with Gasteiger partial charge in [-0.05, 0) is 37.5 Å². The number of hydrogen-bond acceptors (Lipinski definition) is 7. The van der Waals surface area contributed by atoms with Gasteiger partial charge in [-0.3, -0.25) is 0 Å². The SMILES string of the molecule is COC(C)c1cc(-c2nccs2)c2oc(N3CC4CCC(C3)N4)nc2c1. The van der Waals surface area contributed by atoms with Gasteiger partial charge in [-0.2, -0.15) is 4.98 Å². The van der Waals surface area contributed by atoms with Gasteiger partial charge in [0.1, 0.15) is 10.5 Å². The molecule has 1 N–H and O–H groups in total. The second-order valence-corrected chi connectivity index (χ2v) is 8.07. The number of aromatic nitrogens is 2. The molecular weight excluding hydrogens is 348 g/mol. The summed E-state index contributed by atoms with van der Waals surface area (Å²) in [5, 5.41) is 6.59. The standard InChI is InChI=1S/C19H22N4O2S/c1-11(24-2)12-7-15(18-20-5-6-26-18)17-16(8-12)22-19(25-17)23-9-13-3-4-14(10-23)21-13/h5-8,11,13-14,21H,3-4,9-10H2,1-2H3. The van der Waals surface area contributed by atoms with Crippen molar-refractivity contribution < 1.29 is 9.15 Å². The maximum Gasteiger partial charge on any atom is 0.298 e. The fourth-order valence-corrected chi connectivity index (χ4v) is 4.67. The molecule has 136 valence electrons. The zero-order chi connectivity index (χ0) is 17.7. The Morgan fingerprint density at radius 1 is 1.31 bits per heavy atom. The zero-order valence-electron chi connectivity index (χ0n) is 14.9. The van der Waals surface area contributed by atoms with Crippen molar-refractivity contribution in [1.29, 1.82) is 0 Å². The lowest BCUT2D eigenvalue weighted by Crippen LogP contribution is -2.51. The summed E-state index contributed by atoms with van der Waals surface area (Å²) in [5.41, 5.74) is 3.77. The summed E-state index contributed by atoms with van der Waals surface area (Å²) in [6.07, 6.45) is 4.29. The molecule has 3 aromatic rings. The Hall–Kier alpha value is -1.96. The highest BCUT2D eigenvalue weighted by Gasteiger charge is 2.34. The molecule has 26 heavy (non-hydrogen) atoms. The van der Waals surface area contributed by atoms with Crippen LogP contribution < -0.4 is 10.2 Å². The van der Waals surface area contributed by atoms with Crippen LogP contribution in [0.5, 0.6) is 0 Å². The molecule has 0 amide bonds. The van der Waals surface area contributed by atoms with Gasteiger partial charge in [-0.15, -0.1) is 11.3 Å². The van der Waals surface area contributed by atoms with Crippen molar-refractivity contribution in [2.75, 3.05) is 25.1 Å². The van der Waals surface area contributed by atoms with Gasteiger partial charge in [0.2, 0.25) is 0 Å². The second-order valence-electron chi connectivity index (χ2n) is 7.17. The molecule has 1 aromatic carbocycles. The molecule has 0 saturated carbocycles. The molecule has 7 heteroatoms. The van der Waals surface area contributed by atoms with Crippen molar-refractivity contribution >= 4 is 28.5 Å². The molecule has 2 aliphatic heterocycles. The number of nitrogens with zero attached hydrogens (tertiary/aromatic N) is 3. The topological polar surface area (TPSA) is 63.4 Å². The average Bonchev–Trinajstić information content (AvgIpc) is 3.39. The van der Waals surface area contributed by atoms with Crippen LogP contribution >= 0.6 is 11.3 Å². The van der Waals surface area contributed by atoms with E-state index in [1.54, 1.807) is 18.4 Å². The molecule has 5 rings (SSSR count). The van der Waals surface area contributed by atoms with E-state index in [0.29, 0.717) is 12.1 Å². The summed E-state index contributed by atoms with van der Waals surface area (Å²) in [5.74, 6) is 0. The van der Waals surface area contributed by atoms with Gasteiger partial charge in [0.15, 0.2) is 5.58 Å². The summed E-state index contributed by atoms with van der Waals surface area (Å²) in [6.45, 7) is 3.95. The highest BCUT2D eigenvalue weighted by atomic mass is 32.1. The lowest BCUT2D eigenvalue weighted by molar-refractivity contribution is 0.119. The maximum absolute atomic E-state index is 6.27. The van der Waals surface area contributed by atoms with E-state index >= 15 is 0 Å². The van der Waals surface area contributed by atoms with E-state index in [9.17, 15) is 0 Å². The lowest BCUT2D eigenvalue weighted by Gasteiger charge is -2.31. The Balaban J connectivity index is 1.61. The molecule has 6 nitrogen and oxygen atoms in total. The van der Waals surface area contributed by atoms with E-state index in [1.807, 2.05) is 18.5 Å². The van der Waals surface area contributed by atoms with E-state index in [1.165, 1.54) is 12.8 Å². The fraction of sp³-hybridized carbons (Fsp3) is 0.474. The number of thiazole rings is 1. The molecule has 2 bridgehead atoms. The number of hydrogen-bond donors (Lipinski definition) is 1. The zero-order valence-corrected chi connectivity index (χ0v) is 15.8. The van der Waals surface area contributed by atoms with Crippen molar-refractivity contribution in [3.63, 3.8) is 0 Å². The van der Waals surface area contributed by atoms with E-state index < -0.39 is 0 Å². The minimum absolute atomic E-state index is 0.00621. The van der Waals surface area contributed by atoms with E-state index in [-0.39, 0.29) is 6.10 Å². The maximum atomic E-state index is 6.27. The summed E-state index contributed by atoms with van der Waals surface area (Å²) < 4.78 is 11.8. The van der Waals surface area contributed by atoms with Gasteiger partial charge in [0.25, 0.3) is 6.01 Å². The number of anilines is 1. The minimum Gasteiger partial charge on any atom is -0.423 e. The van der Waals surface area contributed by atoms with Gasteiger partial charge < -0.3 is 19.4 Å². The molecule has 2 fully saturated rings. The van der Waals surface area contributed by atoms with Crippen molar-refractivity contribution in [2.24, 2.45) is 0 Å². The molecule has 2 aromatic heterocycles. The number of piperazine rings is 1. The van der Waals surface area contributed by atoms with Gasteiger partial charge >= 0.3 is 0 Å². The smallest absolute Gasteiger partial charge is 0.298 e. The second kappa shape index (κ2) is 6.33. The van der Waals surface area contributed by atoms with Crippen LogP contribution in [0.25, 0.3) is 21.7 Å². The Bertz CT molecular complexity index is 911. The molecule has 0 radical (unpaired) electrons. The molecule has 0 aliphatic carbocycles. The highest BCUT2D eigenvalue weighted by molar-refractivity contribution is 7.13. The molecule has 4 heterocycles. The first kappa shape index (κ1) is 16.2. The first-order valence-electron chi connectivity index (χ1n) is 9.09. The van der Waals surface area contributed by atoms with Crippen LogP contribution in [0, 0.1) is 0 Å². The lowest BCUT2D eigenvalue weighted by atomic mass is 10.1. The third-order valence-corrected chi connectivity index (χ3v) is 6.28. The largest absolute Gasteiger partial charge is 0.423 e. The quantitative estimate of drug-likeness (QED) is 0.757. The van der Waals surface area contributed by atoms with E-state index in [2.05, 4.69) is 27.3 Å². The Labute approximate surface area is 156 Å². The predicted molar refractivity (Wildman–Crippen MR) is 103 cm³/mol. The number of benzene rings is 1. The van der Waals surface area contributed by atoms with Crippen LogP contribution in [0.2, 0.25) is 0 Å². The number of oxazole rings is 1. The van der Waals surface area contributed by atoms with Crippen molar-refractivity contribution in [3.05, 3.63) is 29.3 Å². The van der Waals surface area contributed by atoms with Gasteiger partial charge in [-0.25, -0.2) is 4.98 Å². The molecule has 2 saturated heterocycles. The van der Waals surface area contributed by atoms with E-state index in [0.717, 1.165) is 46.3 Å². The third-order valence-electron chi connectivity index (χ3n) is 5.47. The number of ether oxygens (including phenoxy) is 1.